The first-order valence-electron chi connectivity index (χ1n) is 7.80. The van der Waals surface area contributed by atoms with E-state index in [9.17, 15) is 13.2 Å². The average molecular weight is 398 g/mol. The fraction of sp³-hybridized carbons (Fsp3) is 0.400. The number of benzene rings is 1. The van der Waals surface area contributed by atoms with Crippen LogP contribution in [0.25, 0.3) is 0 Å². The smallest absolute Gasteiger partial charge is 0.263 e. The lowest BCUT2D eigenvalue weighted by molar-refractivity contribution is -0.128. The Balaban J connectivity index is 1.66. The van der Waals surface area contributed by atoms with E-state index in [1.165, 1.54) is 36.9 Å². The maximum Gasteiger partial charge on any atom is 0.263 e. The Labute approximate surface area is 154 Å². The molecule has 2 aromatic rings. The SMILES string of the molecule is COC(C(=O)Nc1ccc(S(=O)(=O)Nc2nncs2)cc1)C1CCOC1. The van der Waals surface area contributed by atoms with Crippen LogP contribution in [0.5, 0.6) is 0 Å². The second-order valence-corrected chi connectivity index (χ2v) is 8.16. The highest BCUT2D eigenvalue weighted by atomic mass is 32.2. The summed E-state index contributed by atoms with van der Waals surface area (Å²) in [5, 5.41) is 10.1. The molecule has 0 radical (unpaired) electrons. The van der Waals surface area contributed by atoms with E-state index in [0.717, 1.165) is 17.8 Å². The summed E-state index contributed by atoms with van der Waals surface area (Å²) < 4.78 is 37.5. The van der Waals surface area contributed by atoms with E-state index < -0.39 is 16.1 Å². The molecule has 1 aliphatic rings. The molecule has 2 atom stereocenters. The molecule has 3 rings (SSSR count). The van der Waals surface area contributed by atoms with Gasteiger partial charge in [-0.3, -0.25) is 9.52 Å². The molecule has 2 N–H and O–H groups in total. The van der Waals surface area contributed by atoms with Gasteiger partial charge in [-0.05, 0) is 30.7 Å². The molecule has 1 amide bonds. The molecule has 9 nitrogen and oxygen atoms in total. The molecule has 0 bridgehead atoms. The van der Waals surface area contributed by atoms with E-state index in [4.69, 9.17) is 9.47 Å². The number of aromatic nitrogens is 2. The molecule has 0 aliphatic carbocycles. The number of carbonyl (C=O) groups is 1. The highest BCUT2D eigenvalue weighted by molar-refractivity contribution is 7.93. The molecular formula is C15H18N4O5S2. The lowest BCUT2D eigenvalue weighted by atomic mass is 10.0. The minimum Gasteiger partial charge on any atom is -0.381 e. The Morgan fingerprint density at radius 2 is 2.15 bits per heavy atom. The summed E-state index contributed by atoms with van der Waals surface area (Å²) in [6.45, 7) is 1.10. The van der Waals surface area contributed by atoms with Crippen LogP contribution in [0.3, 0.4) is 0 Å². The molecule has 1 aliphatic heterocycles. The number of ether oxygens (including phenoxy) is 2. The summed E-state index contributed by atoms with van der Waals surface area (Å²) >= 11 is 1.08. The second kappa shape index (κ2) is 8.08. The molecule has 0 spiro atoms. The molecule has 11 heteroatoms. The number of rotatable bonds is 7. The topological polar surface area (TPSA) is 120 Å². The predicted octanol–water partition coefficient (Wildman–Crippen LogP) is 1.33. The lowest BCUT2D eigenvalue weighted by Gasteiger charge is -2.20. The first kappa shape index (κ1) is 18.7. The van der Waals surface area contributed by atoms with Gasteiger partial charge in [-0.15, -0.1) is 10.2 Å². The minimum absolute atomic E-state index is 0.00996. The van der Waals surface area contributed by atoms with Gasteiger partial charge in [-0.2, -0.15) is 0 Å². The Morgan fingerprint density at radius 1 is 1.38 bits per heavy atom. The first-order valence-corrected chi connectivity index (χ1v) is 10.2. The highest BCUT2D eigenvalue weighted by Crippen LogP contribution is 2.22. The van der Waals surface area contributed by atoms with Gasteiger partial charge in [-0.25, -0.2) is 8.42 Å². The van der Waals surface area contributed by atoms with Crippen molar-refractivity contribution in [2.24, 2.45) is 5.92 Å². The lowest BCUT2D eigenvalue weighted by Crippen LogP contribution is -2.36. The van der Waals surface area contributed by atoms with Crippen LogP contribution in [0, 0.1) is 5.92 Å². The molecule has 1 saturated heterocycles. The van der Waals surface area contributed by atoms with Crippen molar-refractivity contribution in [2.75, 3.05) is 30.4 Å². The van der Waals surface area contributed by atoms with Crippen LogP contribution < -0.4 is 10.0 Å². The van der Waals surface area contributed by atoms with Gasteiger partial charge in [0, 0.05) is 25.3 Å². The Kier molecular flexibility index (Phi) is 5.81. The number of methoxy groups -OCH3 is 1. The van der Waals surface area contributed by atoms with E-state index in [-0.39, 0.29) is 21.9 Å². The van der Waals surface area contributed by atoms with Crippen LogP contribution in [0.4, 0.5) is 10.8 Å². The number of hydrogen-bond donors (Lipinski definition) is 2. The largest absolute Gasteiger partial charge is 0.381 e. The summed E-state index contributed by atoms with van der Waals surface area (Å²) in [4.78, 5) is 12.4. The first-order chi connectivity index (χ1) is 12.5. The van der Waals surface area contributed by atoms with Crippen molar-refractivity contribution in [1.82, 2.24) is 10.2 Å². The minimum atomic E-state index is -3.76. The number of hydrogen-bond acceptors (Lipinski definition) is 8. The number of amides is 1. The number of carbonyl (C=O) groups excluding carboxylic acids is 1. The van der Waals surface area contributed by atoms with Crippen molar-refractivity contribution < 1.29 is 22.7 Å². The highest BCUT2D eigenvalue weighted by Gasteiger charge is 2.31. The Hall–Kier alpha value is -2.08. The zero-order valence-corrected chi connectivity index (χ0v) is 15.5. The summed E-state index contributed by atoms with van der Waals surface area (Å²) in [5.74, 6) is -0.277. The van der Waals surface area contributed by atoms with E-state index in [0.29, 0.717) is 18.9 Å². The molecule has 1 aromatic heterocycles. The van der Waals surface area contributed by atoms with Gasteiger partial charge >= 0.3 is 0 Å². The molecular weight excluding hydrogens is 380 g/mol. The zero-order chi connectivity index (χ0) is 18.6. The van der Waals surface area contributed by atoms with E-state index in [1.807, 2.05) is 0 Å². The molecule has 26 heavy (non-hydrogen) atoms. The van der Waals surface area contributed by atoms with Gasteiger partial charge in [0.15, 0.2) is 0 Å². The van der Waals surface area contributed by atoms with Gasteiger partial charge in [0.1, 0.15) is 11.6 Å². The third-order valence-electron chi connectivity index (χ3n) is 3.92. The summed E-state index contributed by atoms with van der Waals surface area (Å²) in [5.41, 5.74) is 1.91. The van der Waals surface area contributed by atoms with Gasteiger partial charge in [0.25, 0.3) is 15.9 Å². The average Bonchev–Trinajstić information content (AvgIpc) is 3.30. The van der Waals surface area contributed by atoms with Crippen LogP contribution in [0.15, 0.2) is 34.7 Å². The van der Waals surface area contributed by atoms with Crippen molar-refractivity contribution in [2.45, 2.75) is 17.4 Å². The maximum absolute atomic E-state index is 12.4. The van der Waals surface area contributed by atoms with Crippen LogP contribution >= 0.6 is 11.3 Å². The normalized spacial score (nSPS) is 18.4. The number of nitrogens with one attached hydrogen (secondary N) is 2. The van der Waals surface area contributed by atoms with Crippen molar-refractivity contribution in [3.63, 3.8) is 0 Å². The zero-order valence-electron chi connectivity index (χ0n) is 13.9. The van der Waals surface area contributed by atoms with Crippen molar-refractivity contribution in [3.05, 3.63) is 29.8 Å². The molecule has 140 valence electrons. The van der Waals surface area contributed by atoms with Crippen LogP contribution in [-0.4, -0.2) is 50.9 Å². The Morgan fingerprint density at radius 3 is 2.73 bits per heavy atom. The van der Waals surface area contributed by atoms with Gasteiger partial charge in [-0.1, -0.05) is 11.3 Å². The number of anilines is 2. The van der Waals surface area contributed by atoms with Crippen LogP contribution in [0.1, 0.15) is 6.42 Å². The number of sulfonamides is 1. The summed E-state index contributed by atoms with van der Waals surface area (Å²) in [6, 6.07) is 5.84. The number of nitrogens with zero attached hydrogens (tertiary/aromatic N) is 2. The van der Waals surface area contributed by atoms with Crippen molar-refractivity contribution in [3.8, 4) is 0 Å². The fourth-order valence-electron chi connectivity index (χ4n) is 2.63. The quantitative estimate of drug-likeness (QED) is 0.722. The van der Waals surface area contributed by atoms with Gasteiger partial charge < -0.3 is 14.8 Å². The second-order valence-electron chi connectivity index (χ2n) is 5.64. The van der Waals surface area contributed by atoms with Crippen LogP contribution in [-0.2, 0) is 24.3 Å². The van der Waals surface area contributed by atoms with Gasteiger partial charge in [0.2, 0.25) is 5.13 Å². The third kappa shape index (κ3) is 4.36. The van der Waals surface area contributed by atoms with E-state index in [2.05, 4.69) is 20.2 Å². The summed E-state index contributed by atoms with van der Waals surface area (Å²) in [7, 11) is -2.28. The molecule has 2 heterocycles. The molecule has 1 aromatic carbocycles. The molecule has 0 saturated carbocycles. The van der Waals surface area contributed by atoms with Gasteiger partial charge in [0.05, 0.1) is 11.5 Å². The van der Waals surface area contributed by atoms with E-state index in [1.54, 1.807) is 0 Å². The van der Waals surface area contributed by atoms with E-state index >= 15 is 0 Å². The predicted molar refractivity (Wildman–Crippen MR) is 95.5 cm³/mol. The summed E-state index contributed by atoms with van der Waals surface area (Å²) in [6.07, 6.45) is 0.153. The van der Waals surface area contributed by atoms with Crippen molar-refractivity contribution >= 4 is 38.1 Å². The third-order valence-corrected chi connectivity index (χ3v) is 6.01. The Bertz CT molecular complexity index is 833. The molecule has 2 unspecified atom stereocenters. The van der Waals surface area contributed by atoms with Crippen LogP contribution in [0.2, 0.25) is 0 Å². The maximum atomic E-state index is 12.4. The van der Waals surface area contributed by atoms with Crippen molar-refractivity contribution in [1.29, 1.82) is 0 Å². The monoisotopic (exact) mass is 398 g/mol. The molecule has 1 fully saturated rings. The fourth-order valence-corrected chi connectivity index (χ4v) is 4.32. The standard InChI is InChI=1S/C15H18N4O5S2/c1-23-13(10-6-7-24-8-10)14(20)17-11-2-4-12(5-3-11)26(21,22)19-15-18-16-9-25-15/h2-5,9-10,13H,6-8H2,1H3,(H,17,20)(H,18,19).